The molecule has 0 rings (SSSR count). The zero-order chi connectivity index (χ0) is 13.5. The van der Waals surface area contributed by atoms with Gasteiger partial charge in [-0.15, -0.1) is 11.8 Å². The molecule has 0 N–H and O–H groups in total. The summed E-state index contributed by atoms with van der Waals surface area (Å²) in [4.78, 5) is 0. The lowest BCUT2D eigenvalue weighted by atomic mass is 10.2. The number of nitriles is 1. The molecule has 17 heavy (non-hydrogen) atoms. The number of hydrogen-bond donors (Lipinski definition) is 0. The summed E-state index contributed by atoms with van der Waals surface area (Å²) in [5, 5.41) is 8.99. The minimum Gasteiger partial charge on any atom is -0.322 e. The van der Waals surface area contributed by atoms with E-state index in [9.17, 15) is 0 Å². The van der Waals surface area contributed by atoms with Crippen LogP contribution in [0.4, 0.5) is 0 Å². The minimum absolute atomic E-state index is 0.175. The van der Waals surface area contributed by atoms with Crippen LogP contribution in [-0.2, 0) is 20.9 Å². The van der Waals surface area contributed by atoms with Gasteiger partial charge in [-0.05, 0) is 46.4 Å². The summed E-state index contributed by atoms with van der Waals surface area (Å²) in [6.45, 7) is 10.8. The molecule has 0 amide bonds. The van der Waals surface area contributed by atoms with Crippen molar-refractivity contribution in [3.63, 3.8) is 0 Å². The van der Waals surface area contributed by atoms with Crippen LogP contribution in [0.3, 0.4) is 0 Å². The monoisotopic (exact) mass is 313 g/mol. The van der Waals surface area contributed by atoms with Gasteiger partial charge in [-0.1, -0.05) is 11.4 Å². The fraction of sp³-hybridized carbons (Fsp3) is 0.900. The first kappa shape index (κ1) is 17.8. The number of rotatable bonds is 8. The summed E-state index contributed by atoms with van der Waals surface area (Å²) in [6.07, 6.45) is 0. The van der Waals surface area contributed by atoms with E-state index in [1.165, 1.54) is 11.4 Å². The Bertz CT molecular complexity index is 307. The Morgan fingerprint density at radius 3 is 2.18 bits per heavy atom. The van der Waals surface area contributed by atoms with Crippen LogP contribution in [0.2, 0.25) is 0 Å². The predicted octanol–water partition coefficient (Wildman–Crippen LogP) is 4.40. The quantitative estimate of drug-likeness (QED) is 0.489. The van der Waals surface area contributed by atoms with E-state index in [1.807, 2.05) is 34.6 Å². The van der Waals surface area contributed by atoms with Crippen molar-refractivity contribution >= 4 is 40.6 Å². The molecule has 100 valence electrons. The molecular formula is C10H20NO2PS3. The standard InChI is InChI=1S/C10H20NO2PS3/c1-6-12-14(15,13-7-2)17-9(3)16-10(4,5)8-11/h9H,6-7H2,1-5H3. The average molecular weight is 313 g/mol. The molecule has 7 heteroatoms. The molecule has 0 aliphatic carbocycles. The van der Waals surface area contributed by atoms with Crippen LogP contribution in [0.15, 0.2) is 0 Å². The van der Waals surface area contributed by atoms with E-state index in [-0.39, 0.29) is 4.58 Å². The van der Waals surface area contributed by atoms with E-state index in [1.54, 1.807) is 11.8 Å². The number of thioether (sulfide) groups is 1. The molecular weight excluding hydrogens is 293 g/mol. The topological polar surface area (TPSA) is 42.2 Å². The third-order valence-corrected chi connectivity index (χ3v) is 9.07. The third kappa shape index (κ3) is 7.71. The molecule has 0 aromatic carbocycles. The van der Waals surface area contributed by atoms with Crippen LogP contribution in [0.25, 0.3) is 0 Å². The summed E-state index contributed by atoms with van der Waals surface area (Å²) < 4.78 is 10.9. The Labute approximate surface area is 118 Å². The highest BCUT2D eigenvalue weighted by Crippen LogP contribution is 2.64. The maximum absolute atomic E-state index is 8.99. The van der Waals surface area contributed by atoms with Crippen molar-refractivity contribution in [3.8, 4) is 6.07 Å². The van der Waals surface area contributed by atoms with Gasteiger partial charge in [-0.2, -0.15) is 5.26 Å². The molecule has 3 nitrogen and oxygen atoms in total. The normalized spacial score (nSPS) is 14.4. The highest BCUT2D eigenvalue weighted by atomic mass is 32.9. The molecule has 0 radical (unpaired) electrons. The fourth-order valence-corrected chi connectivity index (χ4v) is 9.81. The molecule has 0 aliphatic rings. The number of nitrogens with zero attached hydrogens (tertiary/aromatic N) is 1. The van der Waals surface area contributed by atoms with Gasteiger partial charge in [0, 0.05) is 0 Å². The second-order valence-electron chi connectivity index (χ2n) is 3.70. The Balaban J connectivity index is 4.47. The lowest BCUT2D eigenvalue weighted by Crippen LogP contribution is -2.14. The van der Waals surface area contributed by atoms with Crippen molar-refractivity contribution in [2.75, 3.05) is 13.2 Å². The molecule has 0 heterocycles. The van der Waals surface area contributed by atoms with Crippen molar-refractivity contribution in [3.05, 3.63) is 0 Å². The van der Waals surface area contributed by atoms with Crippen LogP contribution in [0.1, 0.15) is 34.6 Å². The maximum atomic E-state index is 8.99. The summed E-state index contributed by atoms with van der Waals surface area (Å²) in [7, 11) is 0. The predicted molar refractivity (Wildman–Crippen MR) is 81.9 cm³/mol. The van der Waals surface area contributed by atoms with Crippen LogP contribution in [-0.4, -0.2) is 22.5 Å². The van der Waals surface area contributed by atoms with Gasteiger partial charge in [0.05, 0.1) is 28.6 Å². The highest BCUT2D eigenvalue weighted by molar-refractivity contribution is 8.69. The summed E-state index contributed by atoms with van der Waals surface area (Å²) >= 11 is 8.55. The summed E-state index contributed by atoms with van der Waals surface area (Å²) in [5.74, 6) is 0. The Kier molecular flexibility index (Phi) is 8.40. The van der Waals surface area contributed by atoms with E-state index in [0.29, 0.717) is 13.2 Å². The zero-order valence-electron chi connectivity index (χ0n) is 10.9. The second kappa shape index (κ2) is 8.04. The lowest BCUT2D eigenvalue weighted by molar-refractivity contribution is 0.280. The van der Waals surface area contributed by atoms with Gasteiger partial charge in [-0.3, -0.25) is 0 Å². The molecule has 1 unspecified atom stereocenters. The molecule has 0 fully saturated rings. The SMILES string of the molecule is CCOP(=S)(OCC)SC(C)SC(C)(C)C#N. The fourth-order valence-electron chi connectivity index (χ4n) is 1.06. The first-order valence-electron chi connectivity index (χ1n) is 5.45. The van der Waals surface area contributed by atoms with E-state index in [2.05, 4.69) is 6.07 Å². The lowest BCUT2D eigenvalue weighted by Gasteiger charge is -2.26. The van der Waals surface area contributed by atoms with Crippen molar-refractivity contribution < 1.29 is 9.05 Å². The summed E-state index contributed by atoms with van der Waals surface area (Å²) in [6, 6.07) is 2.27. The van der Waals surface area contributed by atoms with Gasteiger partial charge in [0.1, 0.15) is 0 Å². The number of hydrogen-bond acceptors (Lipinski definition) is 6. The molecule has 1 atom stereocenters. The highest BCUT2D eigenvalue weighted by Gasteiger charge is 2.28. The maximum Gasteiger partial charge on any atom is 0.248 e. The Hall–Kier alpha value is 0.760. The van der Waals surface area contributed by atoms with Gasteiger partial charge >= 0.3 is 0 Å². The first-order valence-corrected chi connectivity index (χ1v) is 10.5. The van der Waals surface area contributed by atoms with Gasteiger partial charge in [0.25, 0.3) is 0 Å². The zero-order valence-corrected chi connectivity index (χ0v) is 14.3. The van der Waals surface area contributed by atoms with E-state index < -0.39 is 10.4 Å². The largest absolute Gasteiger partial charge is 0.322 e. The van der Waals surface area contributed by atoms with Gasteiger partial charge in [0.15, 0.2) is 0 Å². The van der Waals surface area contributed by atoms with Crippen molar-refractivity contribution in [1.29, 1.82) is 5.26 Å². The van der Waals surface area contributed by atoms with E-state index in [0.717, 1.165) is 0 Å². The molecule has 0 saturated carbocycles. The van der Waals surface area contributed by atoms with Crippen LogP contribution in [0.5, 0.6) is 0 Å². The summed E-state index contributed by atoms with van der Waals surface area (Å²) in [5.41, 5.74) is -2.25. The van der Waals surface area contributed by atoms with Crippen LogP contribution < -0.4 is 0 Å². The van der Waals surface area contributed by atoms with Gasteiger partial charge in [0.2, 0.25) is 5.69 Å². The Morgan fingerprint density at radius 1 is 1.35 bits per heavy atom. The molecule has 0 aromatic heterocycles. The molecule has 0 spiro atoms. The second-order valence-corrected chi connectivity index (χ2v) is 12.5. The van der Waals surface area contributed by atoms with Crippen molar-refractivity contribution in [2.24, 2.45) is 0 Å². The minimum atomic E-state index is -2.25. The Morgan fingerprint density at radius 2 is 1.82 bits per heavy atom. The molecule has 0 aromatic rings. The third-order valence-electron chi connectivity index (χ3n) is 1.58. The van der Waals surface area contributed by atoms with E-state index in [4.69, 9.17) is 26.1 Å². The van der Waals surface area contributed by atoms with Crippen molar-refractivity contribution in [1.82, 2.24) is 0 Å². The molecule has 0 bridgehead atoms. The van der Waals surface area contributed by atoms with Gasteiger partial charge < -0.3 is 9.05 Å². The van der Waals surface area contributed by atoms with Crippen LogP contribution >= 0.6 is 28.8 Å². The smallest absolute Gasteiger partial charge is 0.248 e. The van der Waals surface area contributed by atoms with E-state index >= 15 is 0 Å². The van der Waals surface area contributed by atoms with Crippen molar-refractivity contribution in [2.45, 2.75) is 43.9 Å². The molecule has 0 saturated heterocycles. The van der Waals surface area contributed by atoms with Crippen LogP contribution in [0, 0.1) is 11.3 Å². The van der Waals surface area contributed by atoms with Gasteiger partial charge in [-0.25, -0.2) is 0 Å². The average Bonchev–Trinajstić information content (AvgIpc) is 2.16. The first-order chi connectivity index (χ1) is 7.78. The molecule has 0 aliphatic heterocycles.